The molecule has 5 nitrogen and oxygen atoms in total. The van der Waals surface area contributed by atoms with Gasteiger partial charge in [-0.2, -0.15) is 0 Å². The molecule has 0 aliphatic rings. The van der Waals surface area contributed by atoms with Gasteiger partial charge in [-0.05, 0) is 20.3 Å². The first-order chi connectivity index (χ1) is 6.83. The molecule has 0 fully saturated rings. The van der Waals surface area contributed by atoms with Crippen LogP contribution in [0.5, 0.6) is 0 Å². The molecular formula is C10H20N2O3. The molecule has 0 aromatic carbocycles. The van der Waals surface area contributed by atoms with Gasteiger partial charge in [-0.25, -0.2) is 4.79 Å². The van der Waals surface area contributed by atoms with E-state index in [9.17, 15) is 9.59 Å². The lowest BCUT2D eigenvalue weighted by Crippen LogP contribution is -2.51. The van der Waals surface area contributed by atoms with Gasteiger partial charge in [0.1, 0.15) is 5.54 Å². The third-order valence-electron chi connectivity index (χ3n) is 2.12. The molecule has 88 valence electrons. The van der Waals surface area contributed by atoms with E-state index in [0.717, 1.165) is 6.42 Å². The Morgan fingerprint density at radius 1 is 1.47 bits per heavy atom. The monoisotopic (exact) mass is 216 g/mol. The highest BCUT2D eigenvalue weighted by Gasteiger charge is 2.30. The van der Waals surface area contributed by atoms with Crippen LogP contribution in [0.2, 0.25) is 0 Å². The van der Waals surface area contributed by atoms with Crippen molar-refractivity contribution in [1.82, 2.24) is 5.32 Å². The first-order valence-corrected chi connectivity index (χ1v) is 4.98. The van der Waals surface area contributed by atoms with Crippen molar-refractivity contribution >= 4 is 11.9 Å². The Hall–Kier alpha value is -1.10. The van der Waals surface area contributed by atoms with Crippen LogP contribution in [0.15, 0.2) is 0 Å². The molecule has 15 heavy (non-hydrogen) atoms. The minimum absolute atomic E-state index is 0.168. The van der Waals surface area contributed by atoms with E-state index < -0.39 is 11.5 Å². The van der Waals surface area contributed by atoms with Crippen molar-refractivity contribution in [2.24, 2.45) is 5.73 Å². The maximum absolute atomic E-state index is 11.4. The van der Waals surface area contributed by atoms with Crippen LogP contribution in [0.25, 0.3) is 0 Å². The fourth-order valence-corrected chi connectivity index (χ4v) is 1.09. The van der Waals surface area contributed by atoms with Gasteiger partial charge < -0.3 is 15.8 Å². The number of carbonyl (C=O) groups excluding carboxylic acids is 2. The second-order valence-electron chi connectivity index (χ2n) is 4.04. The van der Waals surface area contributed by atoms with Crippen molar-refractivity contribution < 1.29 is 14.3 Å². The smallest absolute Gasteiger partial charge is 0.330 e. The van der Waals surface area contributed by atoms with E-state index in [1.807, 2.05) is 6.92 Å². The van der Waals surface area contributed by atoms with Gasteiger partial charge in [-0.3, -0.25) is 4.79 Å². The van der Waals surface area contributed by atoms with E-state index in [1.165, 1.54) is 7.11 Å². The molecule has 1 atom stereocenters. The second-order valence-corrected chi connectivity index (χ2v) is 4.04. The van der Waals surface area contributed by atoms with E-state index in [2.05, 4.69) is 10.1 Å². The summed E-state index contributed by atoms with van der Waals surface area (Å²) in [6.45, 7) is 5.09. The van der Waals surface area contributed by atoms with Crippen LogP contribution in [0.1, 0.15) is 33.6 Å². The Balaban J connectivity index is 4.22. The van der Waals surface area contributed by atoms with Gasteiger partial charge in [0.05, 0.1) is 7.11 Å². The van der Waals surface area contributed by atoms with Gasteiger partial charge in [-0.15, -0.1) is 0 Å². The quantitative estimate of drug-likeness (QED) is 0.642. The first-order valence-electron chi connectivity index (χ1n) is 4.98. The number of carbonyl (C=O) groups is 2. The van der Waals surface area contributed by atoms with Crippen molar-refractivity contribution in [2.75, 3.05) is 7.11 Å². The van der Waals surface area contributed by atoms with Crippen molar-refractivity contribution in [2.45, 2.75) is 45.2 Å². The molecule has 1 unspecified atom stereocenters. The Bertz CT molecular complexity index is 239. The zero-order chi connectivity index (χ0) is 12.1. The van der Waals surface area contributed by atoms with Gasteiger partial charge in [-0.1, -0.05) is 6.92 Å². The number of nitrogens with two attached hydrogens (primary N) is 1. The van der Waals surface area contributed by atoms with Crippen molar-refractivity contribution in [3.8, 4) is 0 Å². The highest BCUT2D eigenvalue weighted by molar-refractivity contribution is 5.87. The van der Waals surface area contributed by atoms with Gasteiger partial charge in [0.25, 0.3) is 0 Å². The molecule has 0 aromatic heterocycles. The SMILES string of the molecule is CCC(N)CC(=O)NC(C)(C)C(=O)OC. The lowest BCUT2D eigenvalue weighted by molar-refractivity contribution is -0.149. The normalized spacial score (nSPS) is 13.1. The number of amides is 1. The molecule has 0 aliphatic heterocycles. The van der Waals surface area contributed by atoms with Gasteiger partial charge in [0.15, 0.2) is 0 Å². The summed E-state index contributed by atoms with van der Waals surface area (Å²) in [4.78, 5) is 22.7. The zero-order valence-corrected chi connectivity index (χ0v) is 9.79. The number of rotatable bonds is 5. The predicted molar refractivity (Wildman–Crippen MR) is 57.1 cm³/mol. The molecule has 5 heteroatoms. The summed E-state index contributed by atoms with van der Waals surface area (Å²) >= 11 is 0. The summed E-state index contributed by atoms with van der Waals surface area (Å²) in [6, 6.07) is -0.168. The van der Waals surface area contributed by atoms with E-state index in [-0.39, 0.29) is 18.4 Å². The standard InChI is InChI=1S/C10H20N2O3/c1-5-7(11)6-8(13)12-10(2,3)9(14)15-4/h7H,5-6,11H2,1-4H3,(H,12,13). The van der Waals surface area contributed by atoms with Gasteiger partial charge >= 0.3 is 5.97 Å². The van der Waals surface area contributed by atoms with Gasteiger partial charge in [0, 0.05) is 12.5 Å². The number of methoxy groups -OCH3 is 1. The molecule has 0 heterocycles. The number of nitrogens with one attached hydrogen (secondary N) is 1. The van der Waals surface area contributed by atoms with Gasteiger partial charge in [0.2, 0.25) is 5.91 Å². The van der Waals surface area contributed by atoms with E-state index in [4.69, 9.17) is 5.73 Å². The topological polar surface area (TPSA) is 81.4 Å². The minimum Gasteiger partial charge on any atom is -0.467 e. The largest absolute Gasteiger partial charge is 0.467 e. The maximum atomic E-state index is 11.4. The Morgan fingerprint density at radius 2 is 2.00 bits per heavy atom. The average Bonchev–Trinajstić information content (AvgIpc) is 2.15. The molecular weight excluding hydrogens is 196 g/mol. The number of hydrogen-bond donors (Lipinski definition) is 2. The van der Waals surface area contributed by atoms with E-state index >= 15 is 0 Å². The summed E-state index contributed by atoms with van der Waals surface area (Å²) in [6.07, 6.45) is 0.947. The molecule has 0 saturated carbocycles. The van der Waals surface area contributed by atoms with Crippen LogP contribution >= 0.6 is 0 Å². The molecule has 0 rings (SSSR count). The summed E-state index contributed by atoms with van der Waals surface area (Å²) in [5.74, 6) is -0.708. The minimum atomic E-state index is -1.00. The Morgan fingerprint density at radius 3 is 2.40 bits per heavy atom. The molecule has 3 N–H and O–H groups in total. The number of ether oxygens (including phenoxy) is 1. The van der Waals surface area contributed by atoms with E-state index in [0.29, 0.717) is 0 Å². The molecule has 0 saturated heterocycles. The lowest BCUT2D eigenvalue weighted by Gasteiger charge is -2.23. The fraction of sp³-hybridized carbons (Fsp3) is 0.800. The fourth-order valence-electron chi connectivity index (χ4n) is 1.09. The molecule has 1 amide bonds. The Kier molecular flexibility index (Phi) is 5.28. The molecule has 0 aromatic rings. The summed E-state index contributed by atoms with van der Waals surface area (Å²) in [7, 11) is 1.29. The first kappa shape index (κ1) is 13.9. The van der Waals surface area contributed by atoms with Crippen molar-refractivity contribution in [3.63, 3.8) is 0 Å². The van der Waals surface area contributed by atoms with Crippen LogP contribution < -0.4 is 11.1 Å². The van der Waals surface area contributed by atoms with E-state index in [1.54, 1.807) is 13.8 Å². The predicted octanol–water partition coefficient (Wildman–Crippen LogP) is 0.182. The molecule has 0 aliphatic carbocycles. The van der Waals surface area contributed by atoms with Crippen LogP contribution in [0, 0.1) is 0 Å². The third-order valence-corrected chi connectivity index (χ3v) is 2.12. The maximum Gasteiger partial charge on any atom is 0.330 e. The zero-order valence-electron chi connectivity index (χ0n) is 9.79. The second kappa shape index (κ2) is 5.70. The van der Waals surface area contributed by atoms with Crippen LogP contribution in [0.4, 0.5) is 0 Å². The molecule has 0 radical (unpaired) electrons. The average molecular weight is 216 g/mol. The third kappa shape index (κ3) is 4.78. The number of esters is 1. The van der Waals surface area contributed by atoms with Crippen LogP contribution in [-0.4, -0.2) is 30.6 Å². The molecule has 0 bridgehead atoms. The van der Waals surface area contributed by atoms with Crippen LogP contribution in [-0.2, 0) is 14.3 Å². The van der Waals surface area contributed by atoms with Crippen molar-refractivity contribution in [3.05, 3.63) is 0 Å². The highest BCUT2D eigenvalue weighted by Crippen LogP contribution is 2.05. The van der Waals surface area contributed by atoms with Crippen LogP contribution in [0.3, 0.4) is 0 Å². The summed E-state index contributed by atoms with van der Waals surface area (Å²) < 4.78 is 4.56. The number of hydrogen-bond acceptors (Lipinski definition) is 4. The lowest BCUT2D eigenvalue weighted by atomic mass is 10.0. The van der Waals surface area contributed by atoms with Crippen molar-refractivity contribution in [1.29, 1.82) is 0 Å². The molecule has 0 spiro atoms. The highest BCUT2D eigenvalue weighted by atomic mass is 16.5. The summed E-state index contributed by atoms with van der Waals surface area (Å²) in [5, 5.41) is 2.58. The Labute approximate surface area is 90.4 Å². The summed E-state index contributed by atoms with van der Waals surface area (Å²) in [5.41, 5.74) is 4.62.